The Morgan fingerprint density at radius 3 is 2.58 bits per heavy atom. The highest BCUT2D eigenvalue weighted by Gasteiger charge is 2.12. The van der Waals surface area contributed by atoms with Crippen molar-refractivity contribution < 1.29 is 14.3 Å². The van der Waals surface area contributed by atoms with Gasteiger partial charge in [-0.1, -0.05) is 11.6 Å². The topological polar surface area (TPSA) is 133 Å². The van der Waals surface area contributed by atoms with Crippen molar-refractivity contribution in [3.63, 3.8) is 0 Å². The first-order valence-corrected chi connectivity index (χ1v) is 5.78. The predicted octanol–water partition coefficient (Wildman–Crippen LogP) is -0.0651. The molecule has 1 aromatic rings. The maximum atomic E-state index is 11.3. The van der Waals surface area contributed by atoms with Crippen LogP contribution in [0.2, 0.25) is 5.02 Å². The van der Waals surface area contributed by atoms with Gasteiger partial charge < -0.3 is 27.3 Å². The number of halogens is 1. The zero-order chi connectivity index (χ0) is 14.4. The quantitative estimate of drug-likeness (QED) is 0.411. The van der Waals surface area contributed by atoms with Crippen LogP contribution in [0.3, 0.4) is 0 Å². The third-order valence-electron chi connectivity index (χ3n) is 2.17. The molecule has 0 aliphatic rings. The lowest BCUT2D eigenvalue weighted by molar-refractivity contribution is -0.122. The molecule has 0 spiro atoms. The largest absolute Gasteiger partial charge is 0.399 e. The van der Waals surface area contributed by atoms with Crippen LogP contribution in [0, 0.1) is 0 Å². The molecule has 0 aromatic heterocycles. The second-order valence-electron chi connectivity index (χ2n) is 3.74. The van der Waals surface area contributed by atoms with Crippen molar-refractivity contribution in [3.8, 4) is 0 Å². The second-order valence-corrected chi connectivity index (χ2v) is 4.14. The maximum Gasteiger partial charge on any atom is 0.250 e. The summed E-state index contributed by atoms with van der Waals surface area (Å²) < 4.78 is 4.96. The van der Waals surface area contributed by atoms with Crippen LogP contribution >= 0.6 is 11.6 Å². The van der Waals surface area contributed by atoms with E-state index in [0.29, 0.717) is 17.9 Å². The smallest absolute Gasteiger partial charge is 0.250 e. The number of amides is 2. The molecule has 0 fully saturated rings. The first-order valence-electron chi connectivity index (χ1n) is 5.40. The van der Waals surface area contributed by atoms with Gasteiger partial charge in [0.05, 0.1) is 22.9 Å². The normalized spacial score (nSPS) is 10.2. The second kappa shape index (κ2) is 6.81. The van der Waals surface area contributed by atoms with Crippen LogP contribution in [0.25, 0.3) is 0 Å². The molecule has 0 bridgehead atoms. The Labute approximate surface area is 115 Å². The molecule has 0 heterocycles. The SMILES string of the molecule is NC(=O)COCCNc1c(Cl)cc(N)cc1C(N)=O. The molecule has 0 unspecified atom stereocenters. The fraction of sp³-hybridized carbons (Fsp3) is 0.273. The predicted molar refractivity (Wildman–Crippen MR) is 72.9 cm³/mol. The lowest BCUT2D eigenvalue weighted by Gasteiger charge is -2.13. The summed E-state index contributed by atoms with van der Waals surface area (Å²) in [5.41, 5.74) is 16.6. The molecule has 2 amide bonds. The van der Waals surface area contributed by atoms with E-state index in [1.165, 1.54) is 12.1 Å². The van der Waals surface area contributed by atoms with E-state index in [2.05, 4.69) is 5.32 Å². The summed E-state index contributed by atoms with van der Waals surface area (Å²) in [6.07, 6.45) is 0. The molecule has 104 valence electrons. The van der Waals surface area contributed by atoms with Crippen molar-refractivity contribution in [1.29, 1.82) is 0 Å². The van der Waals surface area contributed by atoms with Crippen molar-refractivity contribution in [1.82, 2.24) is 0 Å². The number of primary amides is 2. The first kappa shape index (κ1) is 15.1. The lowest BCUT2D eigenvalue weighted by Crippen LogP contribution is -2.21. The molecule has 7 nitrogen and oxygen atoms in total. The summed E-state index contributed by atoms with van der Waals surface area (Å²) >= 11 is 5.98. The van der Waals surface area contributed by atoms with Crippen molar-refractivity contribution in [2.75, 3.05) is 30.8 Å². The molecule has 0 saturated heterocycles. The van der Waals surface area contributed by atoms with E-state index < -0.39 is 11.8 Å². The van der Waals surface area contributed by atoms with Crippen LogP contribution in [0.5, 0.6) is 0 Å². The number of carbonyl (C=O) groups excluding carboxylic acids is 2. The molecule has 8 heteroatoms. The highest BCUT2D eigenvalue weighted by Crippen LogP contribution is 2.28. The Balaban J connectivity index is 2.67. The van der Waals surface area contributed by atoms with Gasteiger partial charge in [-0.15, -0.1) is 0 Å². The van der Waals surface area contributed by atoms with Gasteiger partial charge in [0, 0.05) is 12.2 Å². The molecule has 0 aliphatic heterocycles. The molecule has 1 aromatic carbocycles. The van der Waals surface area contributed by atoms with E-state index in [9.17, 15) is 9.59 Å². The van der Waals surface area contributed by atoms with Crippen molar-refractivity contribution in [2.45, 2.75) is 0 Å². The summed E-state index contributed by atoms with van der Waals surface area (Å²) in [6, 6.07) is 2.93. The minimum absolute atomic E-state index is 0.167. The fourth-order valence-electron chi connectivity index (χ4n) is 1.42. The average Bonchev–Trinajstić information content (AvgIpc) is 2.29. The van der Waals surface area contributed by atoms with Crippen LogP contribution in [0.4, 0.5) is 11.4 Å². The van der Waals surface area contributed by atoms with Crippen LogP contribution < -0.4 is 22.5 Å². The summed E-state index contributed by atoms with van der Waals surface area (Å²) in [6.45, 7) is 0.388. The van der Waals surface area contributed by atoms with Gasteiger partial charge in [0.25, 0.3) is 5.91 Å². The third kappa shape index (κ3) is 4.65. The molecule has 19 heavy (non-hydrogen) atoms. The molecule has 0 radical (unpaired) electrons. The highest BCUT2D eigenvalue weighted by molar-refractivity contribution is 6.34. The maximum absolute atomic E-state index is 11.3. The Bertz CT molecular complexity index is 493. The van der Waals surface area contributed by atoms with Gasteiger partial charge in [-0.3, -0.25) is 9.59 Å². The monoisotopic (exact) mass is 286 g/mol. The van der Waals surface area contributed by atoms with Gasteiger partial charge in [-0.2, -0.15) is 0 Å². The van der Waals surface area contributed by atoms with Crippen LogP contribution in [-0.4, -0.2) is 31.6 Å². The zero-order valence-corrected chi connectivity index (χ0v) is 10.9. The molecular formula is C11H15ClN4O3. The van der Waals surface area contributed by atoms with Gasteiger partial charge in [0.1, 0.15) is 6.61 Å². The molecule has 7 N–H and O–H groups in total. The number of ether oxygens (including phenoxy) is 1. The molecule has 0 saturated carbocycles. The van der Waals surface area contributed by atoms with Crippen molar-refractivity contribution in [3.05, 3.63) is 22.7 Å². The number of anilines is 2. The highest BCUT2D eigenvalue weighted by atomic mass is 35.5. The van der Waals surface area contributed by atoms with Crippen molar-refractivity contribution in [2.24, 2.45) is 11.5 Å². The standard InChI is InChI=1S/C11H15ClN4O3/c12-8-4-6(13)3-7(11(15)18)10(8)16-1-2-19-5-9(14)17/h3-4,16H,1-2,5,13H2,(H2,14,17)(H2,15,18). The third-order valence-corrected chi connectivity index (χ3v) is 2.47. The van der Waals surface area contributed by atoms with Gasteiger partial charge in [-0.05, 0) is 12.1 Å². The number of nitrogens with two attached hydrogens (primary N) is 3. The molecule has 0 atom stereocenters. The van der Waals surface area contributed by atoms with E-state index in [4.69, 9.17) is 33.5 Å². The van der Waals surface area contributed by atoms with E-state index in [1.54, 1.807) is 0 Å². The minimum atomic E-state index is -0.644. The Hall–Kier alpha value is -1.99. The van der Waals surface area contributed by atoms with E-state index in [1.807, 2.05) is 0 Å². The lowest BCUT2D eigenvalue weighted by atomic mass is 10.1. The number of rotatable bonds is 7. The number of nitrogens with one attached hydrogen (secondary N) is 1. The van der Waals surface area contributed by atoms with Crippen LogP contribution in [0.15, 0.2) is 12.1 Å². The number of benzene rings is 1. The van der Waals surface area contributed by atoms with Crippen LogP contribution in [0.1, 0.15) is 10.4 Å². The number of carbonyl (C=O) groups is 2. The minimum Gasteiger partial charge on any atom is -0.399 e. The summed E-state index contributed by atoms with van der Waals surface area (Å²) in [5.74, 6) is -1.20. The molecule has 1 rings (SSSR count). The number of nitrogen functional groups attached to an aromatic ring is 1. The van der Waals surface area contributed by atoms with E-state index in [0.717, 1.165) is 0 Å². The zero-order valence-electron chi connectivity index (χ0n) is 10.1. The van der Waals surface area contributed by atoms with Crippen molar-refractivity contribution >= 4 is 34.8 Å². The Morgan fingerprint density at radius 1 is 1.32 bits per heavy atom. The van der Waals surface area contributed by atoms with E-state index >= 15 is 0 Å². The van der Waals surface area contributed by atoms with Gasteiger partial charge in [-0.25, -0.2) is 0 Å². The Morgan fingerprint density at radius 2 is 2.00 bits per heavy atom. The van der Waals surface area contributed by atoms with Crippen LogP contribution in [-0.2, 0) is 9.53 Å². The van der Waals surface area contributed by atoms with E-state index in [-0.39, 0.29) is 23.8 Å². The average molecular weight is 287 g/mol. The number of hydrogen-bond acceptors (Lipinski definition) is 5. The van der Waals surface area contributed by atoms with Gasteiger partial charge in [0.2, 0.25) is 5.91 Å². The molecule has 0 aliphatic carbocycles. The summed E-state index contributed by atoms with van der Waals surface area (Å²) in [5, 5.41) is 3.18. The summed E-state index contributed by atoms with van der Waals surface area (Å²) in [7, 11) is 0. The van der Waals surface area contributed by atoms with Gasteiger partial charge in [0.15, 0.2) is 0 Å². The Kier molecular flexibility index (Phi) is 5.40. The first-order chi connectivity index (χ1) is 8.91. The fourth-order valence-corrected chi connectivity index (χ4v) is 1.72. The van der Waals surface area contributed by atoms with Gasteiger partial charge >= 0.3 is 0 Å². The molecular weight excluding hydrogens is 272 g/mol. The number of hydrogen-bond donors (Lipinski definition) is 4. The summed E-state index contributed by atoms with van der Waals surface area (Å²) in [4.78, 5) is 21.7.